The molecule has 0 atom stereocenters. The van der Waals surface area contributed by atoms with Gasteiger partial charge in [-0.2, -0.15) is 0 Å². The molecule has 0 aliphatic carbocycles. The van der Waals surface area contributed by atoms with Crippen molar-refractivity contribution in [1.29, 1.82) is 0 Å². The number of carbonyl (C=O) groups excluding carboxylic acids is 1. The van der Waals surface area contributed by atoms with Gasteiger partial charge in [0.1, 0.15) is 12.4 Å². The minimum atomic E-state index is -0.269. The molecule has 0 aliphatic heterocycles. The largest absolute Gasteiger partial charge is 0.494 e. The van der Waals surface area contributed by atoms with Crippen LogP contribution in [0.4, 0.5) is 0 Å². The number of hydrogen-bond donors (Lipinski definition) is 0. The first-order valence-corrected chi connectivity index (χ1v) is 5.07. The third kappa shape index (κ3) is 4.49. The Labute approximate surface area is 90.0 Å². The van der Waals surface area contributed by atoms with Crippen LogP contribution >= 0.6 is 0 Å². The molecule has 0 saturated heterocycles. The summed E-state index contributed by atoms with van der Waals surface area (Å²) in [5, 5.41) is 0. The van der Waals surface area contributed by atoms with E-state index < -0.39 is 0 Å². The minimum absolute atomic E-state index is 0.269. The number of hydrogen-bond acceptors (Lipinski definition) is 3. The van der Waals surface area contributed by atoms with E-state index in [1.54, 1.807) is 0 Å². The maximum Gasteiger partial charge on any atom is 0.302 e. The van der Waals surface area contributed by atoms with Gasteiger partial charge in [0, 0.05) is 6.92 Å². The van der Waals surface area contributed by atoms with Gasteiger partial charge in [-0.25, -0.2) is 0 Å². The molecule has 1 aromatic carbocycles. The van der Waals surface area contributed by atoms with Crippen LogP contribution in [-0.4, -0.2) is 12.6 Å². The van der Waals surface area contributed by atoms with Gasteiger partial charge in [-0.1, -0.05) is 19.1 Å². The van der Waals surface area contributed by atoms with E-state index in [4.69, 9.17) is 9.47 Å². The van der Waals surface area contributed by atoms with Crippen LogP contribution in [0.3, 0.4) is 0 Å². The lowest BCUT2D eigenvalue weighted by molar-refractivity contribution is -0.142. The highest BCUT2D eigenvalue weighted by molar-refractivity contribution is 5.65. The van der Waals surface area contributed by atoms with Crippen molar-refractivity contribution in [2.75, 3.05) is 6.61 Å². The Morgan fingerprint density at radius 3 is 2.87 bits per heavy atom. The maximum atomic E-state index is 10.6. The molecule has 0 N–H and O–H groups in total. The molecule has 0 radical (unpaired) electrons. The first-order chi connectivity index (χ1) is 7.22. The Hall–Kier alpha value is -1.51. The molecule has 0 heterocycles. The predicted octanol–water partition coefficient (Wildman–Crippen LogP) is 2.54. The molecule has 1 aromatic rings. The summed E-state index contributed by atoms with van der Waals surface area (Å²) in [6.07, 6.45) is 0.980. The van der Waals surface area contributed by atoms with E-state index in [0.29, 0.717) is 13.2 Å². The molecular formula is C12H16O3. The number of esters is 1. The number of ether oxygens (including phenoxy) is 2. The van der Waals surface area contributed by atoms with Crippen molar-refractivity contribution in [3.63, 3.8) is 0 Å². The third-order valence-electron chi connectivity index (χ3n) is 1.81. The van der Waals surface area contributed by atoms with Gasteiger partial charge in [0.05, 0.1) is 6.61 Å². The summed E-state index contributed by atoms with van der Waals surface area (Å²) in [7, 11) is 0. The Bertz CT molecular complexity index is 320. The summed E-state index contributed by atoms with van der Waals surface area (Å²) in [5.41, 5.74) is 0.943. The first-order valence-electron chi connectivity index (χ1n) is 5.07. The van der Waals surface area contributed by atoms with Crippen LogP contribution in [0.1, 0.15) is 25.8 Å². The molecule has 0 spiro atoms. The van der Waals surface area contributed by atoms with Gasteiger partial charge in [0.15, 0.2) is 0 Å². The summed E-state index contributed by atoms with van der Waals surface area (Å²) in [6.45, 7) is 4.47. The second-order valence-electron chi connectivity index (χ2n) is 3.28. The lowest BCUT2D eigenvalue weighted by Gasteiger charge is -2.06. The molecule has 15 heavy (non-hydrogen) atoms. The summed E-state index contributed by atoms with van der Waals surface area (Å²) >= 11 is 0. The van der Waals surface area contributed by atoms with E-state index in [1.807, 2.05) is 24.3 Å². The molecule has 0 saturated carbocycles. The topological polar surface area (TPSA) is 35.5 Å². The van der Waals surface area contributed by atoms with E-state index in [-0.39, 0.29) is 5.97 Å². The van der Waals surface area contributed by atoms with Crippen molar-refractivity contribution in [3.05, 3.63) is 29.8 Å². The number of carbonyl (C=O) groups is 1. The normalized spacial score (nSPS) is 9.73. The average molecular weight is 208 g/mol. The summed E-state index contributed by atoms with van der Waals surface area (Å²) < 4.78 is 10.4. The summed E-state index contributed by atoms with van der Waals surface area (Å²) in [4.78, 5) is 10.6. The third-order valence-corrected chi connectivity index (χ3v) is 1.81. The SMILES string of the molecule is CCCOc1cccc(COC(C)=O)c1. The van der Waals surface area contributed by atoms with Gasteiger partial charge in [-0.05, 0) is 24.1 Å². The first kappa shape index (κ1) is 11.6. The molecule has 0 fully saturated rings. The van der Waals surface area contributed by atoms with Gasteiger partial charge >= 0.3 is 5.97 Å². The fourth-order valence-electron chi connectivity index (χ4n) is 1.13. The van der Waals surface area contributed by atoms with Crippen LogP contribution in [-0.2, 0) is 16.1 Å². The fraction of sp³-hybridized carbons (Fsp3) is 0.417. The van der Waals surface area contributed by atoms with Crippen molar-refractivity contribution in [1.82, 2.24) is 0 Å². The van der Waals surface area contributed by atoms with E-state index >= 15 is 0 Å². The van der Waals surface area contributed by atoms with Crippen LogP contribution in [0.2, 0.25) is 0 Å². The Balaban J connectivity index is 2.53. The summed E-state index contributed by atoms with van der Waals surface area (Å²) in [5.74, 6) is 0.552. The monoisotopic (exact) mass is 208 g/mol. The fourth-order valence-corrected chi connectivity index (χ4v) is 1.13. The van der Waals surface area contributed by atoms with Gasteiger partial charge in [0.25, 0.3) is 0 Å². The van der Waals surface area contributed by atoms with Gasteiger partial charge in [0.2, 0.25) is 0 Å². The maximum absolute atomic E-state index is 10.6. The van der Waals surface area contributed by atoms with Gasteiger partial charge < -0.3 is 9.47 Å². The minimum Gasteiger partial charge on any atom is -0.494 e. The van der Waals surface area contributed by atoms with Crippen LogP contribution in [0.5, 0.6) is 5.75 Å². The molecule has 0 unspecified atom stereocenters. The van der Waals surface area contributed by atoms with E-state index in [1.165, 1.54) is 6.92 Å². The summed E-state index contributed by atoms with van der Waals surface area (Å²) in [6, 6.07) is 7.58. The lowest BCUT2D eigenvalue weighted by atomic mass is 10.2. The van der Waals surface area contributed by atoms with Crippen molar-refractivity contribution < 1.29 is 14.3 Å². The van der Waals surface area contributed by atoms with E-state index in [2.05, 4.69) is 6.92 Å². The van der Waals surface area contributed by atoms with Crippen molar-refractivity contribution in [2.24, 2.45) is 0 Å². The van der Waals surface area contributed by atoms with E-state index in [0.717, 1.165) is 17.7 Å². The van der Waals surface area contributed by atoms with E-state index in [9.17, 15) is 4.79 Å². The predicted molar refractivity (Wildman–Crippen MR) is 57.7 cm³/mol. The number of rotatable bonds is 5. The van der Waals surface area contributed by atoms with Gasteiger partial charge in [-0.15, -0.1) is 0 Å². The molecule has 0 aromatic heterocycles. The molecule has 0 bridgehead atoms. The second kappa shape index (κ2) is 6.06. The molecule has 82 valence electrons. The molecule has 3 nitrogen and oxygen atoms in total. The molecule has 0 amide bonds. The standard InChI is InChI=1S/C12H16O3/c1-3-7-14-12-6-4-5-11(8-12)9-15-10(2)13/h4-6,8H,3,7,9H2,1-2H3. The van der Waals surface area contributed by atoms with Crippen molar-refractivity contribution in [2.45, 2.75) is 26.9 Å². The van der Waals surface area contributed by atoms with Crippen LogP contribution in [0.15, 0.2) is 24.3 Å². The smallest absolute Gasteiger partial charge is 0.302 e. The zero-order chi connectivity index (χ0) is 11.1. The molecule has 3 heteroatoms. The highest BCUT2D eigenvalue weighted by Crippen LogP contribution is 2.14. The second-order valence-corrected chi connectivity index (χ2v) is 3.28. The zero-order valence-electron chi connectivity index (χ0n) is 9.16. The highest BCUT2D eigenvalue weighted by Gasteiger charge is 1.98. The van der Waals surface area contributed by atoms with Crippen molar-refractivity contribution >= 4 is 5.97 Å². The average Bonchev–Trinajstić information content (AvgIpc) is 2.24. The van der Waals surface area contributed by atoms with Crippen LogP contribution in [0, 0.1) is 0 Å². The van der Waals surface area contributed by atoms with Gasteiger partial charge in [-0.3, -0.25) is 4.79 Å². The van der Waals surface area contributed by atoms with Crippen molar-refractivity contribution in [3.8, 4) is 5.75 Å². The van der Waals surface area contributed by atoms with Crippen LogP contribution < -0.4 is 4.74 Å². The highest BCUT2D eigenvalue weighted by atomic mass is 16.5. The zero-order valence-corrected chi connectivity index (χ0v) is 9.16. The van der Waals surface area contributed by atoms with Crippen LogP contribution in [0.25, 0.3) is 0 Å². The Morgan fingerprint density at radius 2 is 2.20 bits per heavy atom. The molecular weight excluding hydrogens is 192 g/mol. The molecule has 0 aliphatic rings. The number of benzene rings is 1. The quantitative estimate of drug-likeness (QED) is 0.697. The Morgan fingerprint density at radius 1 is 1.40 bits per heavy atom. The Kier molecular flexibility index (Phi) is 4.68. The molecule has 1 rings (SSSR count). The lowest BCUT2D eigenvalue weighted by Crippen LogP contribution is -2.00.